The predicted octanol–water partition coefficient (Wildman–Crippen LogP) is 1.70. The van der Waals surface area contributed by atoms with Crippen LogP contribution in [0.4, 0.5) is 0 Å². The molecule has 2 atom stereocenters. The summed E-state index contributed by atoms with van der Waals surface area (Å²) in [6.45, 7) is 3.86. The van der Waals surface area contributed by atoms with Gasteiger partial charge in [-0.05, 0) is 32.5 Å². The van der Waals surface area contributed by atoms with Gasteiger partial charge in [0.05, 0.1) is 11.0 Å². The van der Waals surface area contributed by atoms with Crippen molar-refractivity contribution in [1.29, 1.82) is 0 Å². The first-order valence-corrected chi connectivity index (χ1v) is 7.02. The highest BCUT2D eigenvalue weighted by atomic mass is 32.1. The van der Waals surface area contributed by atoms with Crippen LogP contribution in [0.1, 0.15) is 23.1 Å². The fourth-order valence-electron chi connectivity index (χ4n) is 2.32. The Hall–Kier alpha value is -0.860. The van der Waals surface area contributed by atoms with Gasteiger partial charge in [0.2, 0.25) is 0 Å². The third kappa shape index (κ3) is 3.33. The minimum atomic E-state index is -0.0793. The van der Waals surface area contributed by atoms with Crippen LogP contribution in [0.15, 0.2) is 12.1 Å². The van der Waals surface area contributed by atoms with Crippen LogP contribution < -0.4 is 0 Å². The second kappa shape index (κ2) is 6.35. The van der Waals surface area contributed by atoms with Crippen molar-refractivity contribution in [2.24, 2.45) is 0 Å². The van der Waals surface area contributed by atoms with E-state index in [1.54, 1.807) is 11.3 Å². The summed E-state index contributed by atoms with van der Waals surface area (Å²) in [5.74, 6) is 5.62. The number of aliphatic hydroxyl groups is 1. The van der Waals surface area contributed by atoms with Crippen molar-refractivity contribution in [2.45, 2.75) is 32.0 Å². The lowest BCUT2D eigenvalue weighted by molar-refractivity contribution is 0.0817. The molecule has 0 saturated carbocycles. The molecule has 1 aromatic heterocycles. The summed E-state index contributed by atoms with van der Waals surface area (Å²) < 4.78 is 5.59. The molecule has 1 aliphatic rings. The van der Waals surface area contributed by atoms with E-state index in [4.69, 9.17) is 9.84 Å². The number of ether oxygens (including phenoxy) is 1. The summed E-state index contributed by atoms with van der Waals surface area (Å²) in [5, 5.41) is 8.66. The Bertz CT molecular complexity index is 446. The summed E-state index contributed by atoms with van der Waals surface area (Å²) in [7, 11) is 2.15. The van der Waals surface area contributed by atoms with Crippen molar-refractivity contribution in [3.05, 3.63) is 21.9 Å². The lowest BCUT2D eigenvalue weighted by Gasteiger charge is -2.25. The van der Waals surface area contributed by atoms with Gasteiger partial charge >= 0.3 is 0 Å². The fraction of sp³-hybridized carbons (Fsp3) is 0.571. The minimum absolute atomic E-state index is 0.0793. The van der Waals surface area contributed by atoms with Gasteiger partial charge in [0.15, 0.2) is 0 Å². The highest BCUT2D eigenvalue weighted by molar-refractivity contribution is 7.12. The number of hydrogen-bond donors (Lipinski definition) is 1. The van der Waals surface area contributed by atoms with E-state index in [9.17, 15) is 0 Å². The van der Waals surface area contributed by atoms with Gasteiger partial charge in [-0.15, -0.1) is 11.3 Å². The Balaban J connectivity index is 1.94. The average molecular weight is 265 g/mol. The van der Waals surface area contributed by atoms with Gasteiger partial charge in [-0.2, -0.15) is 0 Å². The average Bonchev–Trinajstić information content (AvgIpc) is 2.95. The number of hydrogen-bond acceptors (Lipinski definition) is 4. The normalized spacial score (nSPS) is 23.1. The molecule has 1 fully saturated rings. The van der Waals surface area contributed by atoms with Gasteiger partial charge in [0.25, 0.3) is 0 Å². The Morgan fingerprint density at radius 1 is 1.56 bits per heavy atom. The zero-order valence-corrected chi connectivity index (χ0v) is 11.7. The molecule has 0 bridgehead atoms. The topological polar surface area (TPSA) is 32.7 Å². The molecule has 2 rings (SSSR count). The molecule has 0 radical (unpaired) electrons. The molecule has 0 aromatic carbocycles. The molecule has 1 saturated heterocycles. The SMILES string of the molecule is CC1OCCC1N(C)Cc1ccc(C#CCO)s1. The van der Waals surface area contributed by atoms with Crippen molar-refractivity contribution in [3.8, 4) is 11.8 Å². The quantitative estimate of drug-likeness (QED) is 0.844. The lowest BCUT2D eigenvalue weighted by Crippen LogP contribution is -2.35. The molecule has 1 N–H and O–H groups in total. The van der Waals surface area contributed by atoms with Crippen molar-refractivity contribution >= 4 is 11.3 Å². The monoisotopic (exact) mass is 265 g/mol. The van der Waals surface area contributed by atoms with Gasteiger partial charge in [-0.3, -0.25) is 4.90 Å². The number of aliphatic hydroxyl groups excluding tert-OH is 1. The highest BCUT2D eigenvalue weighted by Crippen LogP contribution is 2.23. The van der Waals surface area contributed by atoms with E-state index in [1.165, 1.54) is 4.88 Å². The van der Waals surface area contributed by atoms with Crippen LogP contribution in [0.2, 0.25) is 0 Å². The van der Waals surface area contributed by atoms with E-state index in [0.717, 1.165) is 24.4 Å². The van der Waals surface area contributed by atoms with Gasteiger partial charge in [-0.25, -0.2) is 0 Å². The molecule has 4 heteroatoms. The molecule has 2 heterocycles. The summed E-state index contributed by atoms with van der Waals surface area (Å²) in [5.41, 5.74) is 0. The molecular weight excluding hydrogens is 246 g/mol. The maximum atomic E-state index is 8.66. The lowest BCUT2D eigenvalue weighted by atomic mass is 10.1. The van der Waals surface area contributed by atoms with E-state index in [0.29, 0.717) is 12.1 Å². The van der Waals surface area contributed by atoms with E-state index in [-0.39, 0.29) is 6.61 Å². The molecule has 0 aliphatic carbocycles. The zero-order valence-electron chi connectivity index (χ0n) is 10.8. The van der Waals surface area contributed by atoms with Crippen molar-refractivity contribution < 1.29 is 9.84 Å². The Labute approximate surface area is 112 Å². The first-order valence-electron chi connectivity index (χ1n) is 6.21. The summed E-state index contributed by atoms with van der Waals surface area (Å²) in [6.07, 6.45) is 1.43. The molecule has 98 valence electrons. The molecule has 0 amide bonds. The first kappa shape index (κ1) is 13.6. The minimum Gasteiger partial charge on any atom is -0.384 e. The maximum absolute atomic E-state index is 8.66. The van der Waals surface area contributed by atoms with Crippen LogP contribution >= 0.6 is 11.3 Å². The third-order valence-corrected chi connectivity index (χ3v) is 4.25. The first-order chi connectivity index (χ1) is 8.70. The van der Waals surface area contributed by atoms with Crippen LogP contribution in [-0.2, 0) is 11.3 Å². The van der Waals surface area contributed by atoms with E-state index >= 15 is 0 Å². The number of thiophene rings is 1. The molecule has 3 nitrogen and oxygen atoms in total. The highest BCUT2D eigenvalue weighted by Gasteiger charge is 2.27. The summed E-state index contributed by atoms with van der Waals surface area (Å²) in [4.78, 5) is 4.68. The molecule has 1 aliphatic heterocycles. The zero-order chi connectivity index (χ0) is 13.0. The largest absolute Gasteiger partial charge is 0.384 e. The second-order valence-corrected chi connectivity index (χ2v) is 5.74. The molecule has 1 aromatic rings. The van der Waals surface area contributed by atoms with Crippen molar-refractivity contribution in [3.63, 3.8) is 0 Å². The molecular formula is C14H19NO2S. The number of likely N-dealkylation sites (N-methyl/N-ethyl adjacent to an activating group) is 1. The Morgan fingerprint density at radius 3 is 3.06 bits per heavy atom. The fourth-order valence-corrected chi connectivity index (χ4v) is 3.27. The van der Waals surface area contributed by atoms with E-state index in [1.807, 2.05) is 6.07 Å². The molecule has 0 spiro atoms. The van der Waals surface area contributed by atoms with Crippen LogP contribution in [0.3, 0.4) is 0 Å². The Morgan fingerprint density at radius 2 is 2.39 bits per heavy atom. The van der Waals surface area contributed by atoms with Crippen LogP contribution in [0.25, 0.3) is 0 Å². The second-order valence-electron chi connectivity index (χ2n) is 4.57. The van der Waals surface area contributed by atoms with Gasteiger partial charge in [0.1, 0.15) is 6.61 Å². The smallest absolute Gasteiger partial charge is 0.104 e. The van der Waals surface area contributed by atoms with E-state index in [2.05, 4.69) is 36.8 Å². The van der Waals surface area contributed by atoms with Gasteiger partial charge < -0.3 is 9.84 Å². The van der Waals surface area contributed by atoms with Crippen molar-refractivity contribution in [2.75, 3.05) is 20.3 Å². The van der Waals surface area contributed by atoms with Crippen LogP contribution in [0.5, 0.6) is 0 Å². The number of rotatable bonds is 3. The number of nitrogens with zero attached hydrogens (tertiary/aromatic N) is 1. The van der Waals surface area contributed by atoms with Gasteiger partial charge in [0, 0.05) is 24.1 Å². The van der Waals surface area contributed by atoms with Crippen LogP contribution in [-0.4, -0.2) is 42.4 Å². The molecule has 18 heavy (non-hydrogen) atoms. The van der Waals surface area contributed by atoms with Crippen molar-refractivity contribution in [1.82, 2.24) is 4.90 Å². The summed E-state index contributed by atoms with van der Waals surface area (Å²) >= 11 is 1.69. The summed E-state index contributed by atoms with van der Waals surface area (Å²) in [6, 6.07) is 4.65. The standard InChI is InChI=1S/C14H19NO2S/c1-11-14(7-9-17-11)15(2)10-13-6-5-12(18-13)4-3-8-16/h5-6,11,14,16H,7-10H2,1-2H3. The van der Waals surface area contributed by atoms with E-state index < -0.39 is 0 Å². The Kier molecular flexibility index (Phi) is 4.79. The maximum Gasteiger partial charge on any atom is 0.104 e. The predicted molar refractivity (Wildman–Crippen MR) is 73.6 cm³/mol. The van der Waals surface area contributed by atoms with Gasteiger partial charge in [-0.1, -0.05) is 11.8 Å². The van der Waals surface area contributed by atoms with Crippen LogP contribution in [0, 0.1) is 11.8 Å². The third-order valence-electron chi connectivity index (χ3n) is 3.26. The molecule has 2 unspecified atom stereocenters.